The highest BCUT2D eigenvalue weighted by atomic mass is 16.5. The summed E-state index contributed by atoms with van der Waals surface area (Å²) in [5.74, 6) is 0. The van der Waals surface area contributed by atoms with Crippen molar-refractivity contribution >= 4 is 0 Å². The van der Waals surface area contributed by atoms with E-state index in [4.69, 9.17) is 0 Å². The topological polar surface area (TPSA) is 24.1 Å². The predicted octanol–water partition coefficient (Wildman–Crippen LogP) is 1.73. The van der Waals surface area contributed by atoms with Gasteiger partial charge in [-0.1, -0.05) is 13.8 Å². The van der Waals surface area contributed by atoms with Crippen molar-refractivity contribution in [2.45, 2.75) is 33.1 Å². The molecule has 0 fully saturated rings. The lowest BCUT2D eigenvalue weighted by molar-refractivity contribution is -0.909. The molecule has 1 aromatic heterocycles. The van der Waals surface area contributed by atoms with Gasteiger partial charge in [0.25, 0.3) is 0 Å². The van der Waals surface area contributed by atoms with Crippen LogP contribution in [0.2, 0.25) is 0 Å². The Morgan fingerprint density at radius 2 is 2.17 bits per heavy atom. The summed E-state index contributed by atoms with van der Waals surface area (Å²) in [5.41, 5.74) is 2.28. The summed E-state index contributed by atoms with van der Waals surface area (Å²) in [6.45, 7) is 4.23. The van der Waals surface area contributed by atoms with Crippen LogP contribution < -0.4 is 4.73 Å². The van der Waals surface area contributed by atoms with Gasteiger partial charge in [-0.05, 0) is 18.4 Å². The predicted molar refractivity (Wildman–Crippen MR) is 47.2 cm³/mol. The molecule has 2 heteroatoms. The third-order valence-electron chi connectivity index (χ3n) is 1.99. The normalized spacial score (nSPS) is 10.2. The Balaban J connectivity index is 2.91. The first-order chi connectivity index (χ1) is 5.77. The lowest BCUT2D eigenvalue weighted by atomic mass is 10.1. The van der Waals surface area contributed by atoms with E-state index in [0.717, 1.165) is 25.0 Å². The maximum atomic E-state index is 9.38. The molecule has 12 heavy (non-hydrogen) atoms. The van der Waals surface area contributed by atoms with Crippen molar-refractivity contribution in [1.29, 1.82) is 0 Å². The molecule has 1 N–H and O–H groups in total. The Hall–Kier alpha value is -1.05. The maximum absolute atomic E-state index is 9.38. The van der Waals surface area contributed by atoms with Crippen LogP contribution in [0, 0.1) is 0 Å². The smallest absolute Gasteiger partial charge is 0.234 e. The third-order valence-corrected chi connectivity index (χ3v) is 1.99. The van der Waals surface area contributed by atoms with Crippen LogP contribution in [0.25, 0.3) is 0 Å². The lowest BCUT2D eigenvalue weighted by Crippen LogP contribution is -2.34. The number of hydrogen-bond acceptors (Lipinski definition) is 1. The van der Waals surface area contributed by atoms with E-state index in [1.165, 1.54) is 10.3 Å². The van der Waals surface area contributed by atoms with Crippen molar-refractivity contribution in [3.63, 3.8) is 0 Å². The van der Waals surface area contributed by atoms with Crippen LogP contribution in [0.4, 0.5) is 0 Å². The minimum atomic E-state index is 0.935. The van der Waals surface area contributed by atoms with Crippen molar-refractivity contribution in [2.24, 2.45) is 0 Å². The van der Waals surface area contributed by atoms with E-state index in [2.05, 4.69) is 19.9 Å². The molecular weight excluding hydrogens is 150 g/mol. The van der Waals surface area contributed by atoms with Gasteiger partial charge in [-0.2, -0.15) is 0 Å². The average Bonchev–Trinajstić information content (AvgIpc) is 2.09. The number of hydrogen-bond donors (Lipinski definition) is 1. The molecule has 0 aliphatic heterocycles. The Labute approximate surface area is 73.4 Å². The summed E-state index contributed by atoms with van der Waals surface area (Å²) >= 11 is 0. The molecule has 0 saturated carbocycles. The van der Waals surface area contributed by atoms with E-state index in [1.807, 2.05) is 6.07 Å². The molecule has 2 nitrogen and oxygen atoms in total. The van der Waals surface area contributed by atoms with E-state index in [9.17, 15) is 5.21 Å². The van der Waals surface area contributed by atoms with E-state index in [1.54, 1.807) is 6.20 Å². The molecule has 0 saturated heterocycles. The summed E-state index contributed by atoms with van der Waals surface area (Å²) in [4.78, 5) is 0. The Morgan fingerprint density at radius 1 is 1.42 bits per heavy atom. The summed E-state index contributed by atoms with van der Waals surface area (Å²) in [6, 6.07) is 4.00. The third kappa shape index (κ3) is 1.97. The molecule has 0 bridgehead atoms. The van der Waals surface area contributed by atoms with Crippen LogP contribution in [-0.4, -0.2) is 5.21 Å². The molecule has 0 aliphatic carbocycles. The van der Waals surface area contributed by atoms with Crippen molar-refractivity contribution in [2.75, 3.05) is 0 Å². The van der Waals surface area contributed by atoms with Crippen molar-refractivity contribution in [3.05, 3.63) is 29.6 Å². The average molecular weight is 166 g/mol. The second kappa shape index (κ2) is 4.10. The first kappa shape index (κ1) is 9.04. The maximum Gasteiger partial charge on any atom is 0.234 e. The van der Waals surface area contributed by atoms with Crippen molar-refractivity contribution in [3.8, 4) is 0 Å². The summed E-state index contributed by atoms with van der Waals surface area (Å²) in [6.07, 6.45) is 4.74. The summed E-state index contributed by atoms with van der Waals surface area (Å²) < 4.78 is 1.21. The highest BCUT2D eigenvalue weighted by Gasteiger charge is 2.08. The van der Waals surface area contributed by atoms with E-state index in [-0.39, 0.29) is 0 Å². The molecule has 0 unspecified atom stereocenters. The number of nitrogens with zero attached hydrogens (tertiary/aromatic N) is 1. The first-order valence-corrected chi connectivity index (χ1v) is 4.50. The second-order valence-corrected chi connectivity index (χ2v) is 2.97. The zero-order valence-corrected chi connectivity index (χ0v) is 7.75. The minimum Gasteiger partial charge on any atom is -0.285 e. The van der Waals surface area contributed by atoms with Gasteiger partial charge in [0, 0.05) is 23.3 Å². The molecule has 1 heterocycles. The van der Waals surface area contributed by atoms with Crippen molar-refractivity contribution in [1.82, 2.24) is 0 Å². The Kier molecular flexibility index (Phi) is 3.09. The number of aryl methyl sites for hydroxylation is 2. The Morgan fingerprint density at radius 3 is 2.75 bits per heavy atom. The monoisotopic (exact) mass is 166 g/mol. The fourth-order valence-corrected chi connectivity index (χ4v) is 1.25. The molecule has 1 rings (SSSR count). The van der Waals surface area contributed by atoms with E-state index >= 15 is 0 Å². The molecule has 1 aromatic rings. The van der Waals surface area contributed by atoms with Gasteiger partial charge in [0.05, 0.1) is 0 Å². The van der Waals surface area contributed by atoms with Crippen LogP contribution in [-0.2, 0) is 12.8 Å². The van der Waals surface area contributed by atoms with Gasteiger partial charge in [-0.3, -0.25) is 5.21 Å². The Bertz CT molecular complexity index is 258. The van der Waals surface area contributed by atoms with Crippen LogP contribution in [0.15, 0.2) is 18.3 Å². The van der Waals surface area contributed by atoms with Crippen LogP contribution in [0.3, 0.4) is 0 Å². The molecule has 66 valence electrons. The molecule has 0 amide bonds. The number of rotatable bonds is 3. The van der Waals surface area contributed by atoms with Gasteiger partial charge >= 0.3 is 0 Å². The van der Waals surface area contributed by atoms with Crippen LogP contribution in [0.1, 0.15) is 31.5 Å². The van der Waals surface area contributed by atoms with Gasteiger partial charge in [-0.15, -0.1) is 0 Å². The van der Waals surface area contributed by atoms with Gasteiger partial charge < -0.3 is 0 Å². The highest BCUT2D eigenvalue weighted by Crippen LogP contribution is 2.02. The minimum absolute atomic E-state index is 0.935. The quantitative estimate of drug-likeness (QED) is 0.536. The van der Waals surface area contributed by atoms with E-state index in [0.29, 0.717) is 0 Å². The zero-order valence-electron chi connectivity index (χ0n) is 7.75. The van der Waals surface area contributed by atoms with Gasteiger partial charge in [0.1, 0.15) is 0 Å². The second-order valence-electron chi connectivity index (χ2n) is 2.97. The standard InChI is InChI=1S/C10H16NO/c1-3-5-10-8-9(4-2)6-7-11(10)12/h6-8,12H,3-5H2,1-2H3/q+1. The molecule has 0 aromatic carbocycles. The number of pyridine rings is 1. The molecular formula is C10H16NO+. The van der Waals surface area contributed by atoms with Crippen LogP contribution >= 0.6 is 0 Å². The zero-order chi connectivity index (χ0) is 8.97. The SMILES string of the molecule is CCCc1cc(CC)cc[n+]1O. The highest BCUT2D eigenvalue weighted by molar-refractivity contribution is 5.12. The first-order valence-electron chi connectivity index (χ1n) is 4.50. The molecule has 0 radical (unpaired) electrons. The van der Waals surface area contributed by atoms with Gasteiger partial charge in [-0.25, -0.2) is 0 Å². The fourth-order valence-electron chi connectivity index (χ4n) is 1.25. The number of aromatic nitrogens is 1. The van der Waals surface area contributed by atoms with E-state index < -0.39 is 0 Å². The van der Waals surface area contributed by atoms with Crippen LogP contribution in [0.5, 0.6) is 0 Å². The molecule has 0 spiro atoms. The lowest BCUT2D eigenvalue weighted by Gasteiger charge is -1.97. The summed E-state index contributed by atoms with van der Waals surface area (Å²) in [7, 11) is 0. The van der Waals surface area contributed by atoms with Gasteiger partial charge in [0.2, 0.25) is 11.9 Å². The fraction of sp³-hybridized carbons (Fsp3) is 0.500. The molecule has 0 aliphatic rings. The van der Waals surface area contributed by atoms with Gasteiger partial charge in [0.15, 0.2) is 0 Å². The van der Waals surface area contributed by atoms with Crippen molar-refractivity contribution < 1.29 is 9.94 Å². The summed E-state index contributed by atoms with van der Waals surface area (Å²) in [5, 5.41) is 9.38. The largest absolute Gasteiger partial charge is 0.285 e. The molecule has 0 atom stereocenters.